The Labute approximate surface area is 104 Å². The molecule has 1 aromatic carbocycles. The number of aliphatic hydroxyl groups excluding tert-OH is 1. The molecule has 0 spiro atoms. The average Bonchev–Trinajstić information content (AvgIpc) is 2.39. The van der Waals surface area contributed by atoms with E-state index in [4.69, 9.17) is 10.5 Å². The molecular weight excluding hydrogens is 214 g/mol. The highest BCUT2D eigenvalue weighted by Crippen LogP contribution is 2.31. The van der Waals surface area contributed by atoms with Crippen molar-refractivity contribution in [3.63, 3.8) is 0 Å². The Balaban J connectivity index is 3.00. The number of hydrogen-bond donors (Lipinski definition) is 2. The van der Waals surface area contributed by atoms with E-state index in [-0.39, 0.29) is 11.8 Å². The predicted molar refractivity (Wildman–Crippen MR) is 70.3 cm³/mol. The van der Waals surface area contributed by atoms with Crippen molar-refractivity contribution in [3.8, 4) is 5.75 Å². The fourth-order valence-corrected chi connectivity index (χ4v) is 2.06. The summed E-state index contributed by atoms with van der Waals surface area (Å²) in [5, 5.41) is 10.3. The van der Waals surface area contributed by atoms with Crippen molar-refractivity contribution in [1.82, 2.24) is 0 Å². The lowest BCUT2D eigenvalue weighted by Gasteiger charge is -2.27. The smallest absolute Gasteiger partial charge is 0.122 e. The van der Waals surface area contributed by atoms with Gasteiger partial charge in [-0.2, -0.15) is 0 Å². The van der Waals surface area contributed by atoms with Gasteiger partial charge < -0.3 is 15.6 Å². The highest BCUT2D eigenvalue weighted by Gasteiger charge is 2.26. The molecule has 3 atom stereocenters. The van der Waals surface area contributed by atoms with E-state index in [9.17, 15) is 5.11 Å². The van der Waals surface area contributed by atoms with Crippen molar-refractivity contribution in [3.05, 3.63) is 29.8 Å². The Bertz CT molecular complexity index is 341. The van der Waals surface area contributed by atoms with Gasteiger partial charge in [-0.1, -0.05) is 38.5 Å². The van der Waals surface area contributed by atoms with Crippen LogP contribution in [-0.2, 0) is 0 Å². The van der Waals surface area contributed by atoms with Crippen LogP contribution in [0.1, 0.15) is 31.7 Å². The molecule has 0 aromatic heterocycles. The minimum atomic E-state index is -0.429. The third kappa shape index (κ3) is 3.20. The molecule has 0 radical (unpaired) electrons. The summed E-state index contributed by atoms with van der Waals surface area (Å²) in [6, 6.07) is 7.75. The Morgan fingerprint density at radius 3 is 2.53 bits per heavy atom. The fraction of sp³-hybridized carbons (Fsp3) is 0.571. The summed E-state index contributed by atoms with van der Waals surface area (Å²) in [5.41, 5.74) is 6.80. The molecule has 0 aliphatic rings. The van der Waals surface area contributed by atoms with Crippen molar-refractivity contribution in [1.29, 1.82) is 0 Å². The van der Waals surface area contributed by atoms with Gasteiger partial charge in [0.1, 0.15) is 5.75 Å². The van der Waals surface area contributed by atoms with E-state index in [0.717, 1.165) is 17.7 Å². The molecule has 3 nitrogen and oxygen atoms in total. The zero-order chi connectivity index (χ0) is 12.8. The van der Waals surface area contributed by atoms with E-state index < -0.39 is 6.10 Å². The molecule has 17 heavy (non-hydrogen) atoms. The van der Waals surface area contributed by atoms with Gasteiger partial charge in [-0.25, -0.2) is 0 Å². The van der Waals surface area contributed by atoms with E-state index >= 15 is 0 Å². The van der Waals surface area contributed by atoms with Crippen LogP contribution in [-0.4, -0.2) is 24.9 Å². The largest absolute Gasteiger partial charge is 0.496 e. The molecule has 3 unspecified atom stereocenters. The van der Waals surface area contributed by atoms with Crippen LogP contribution in [0.3, 0.4) is 0 Å². The van der Waals surface area contributed by atoms with Gasteiger partial charge in [-0.15, -0.1) is 0 Å². The maximum atomic E-state index is 10.3. The first-order valence-electron chi connectivity index (χ1n) is 6.16. The predicted octanol–water partition coefficient (Wildman–Crippen LogP) is 2.14. The third-order valence-electron chi connectivity index (χ3n) is 3.43. The van der Waals surface area contributed by atoms with E-state index in [1.165, 1.54) is 0 Å². The van der Waals surface area contributed by atoms with Crippen LogP contribution >= 0.6 is 0 Å². The van der Waals surface area contributed by atoms with Gasteiger partial charge >= 0.3 is 0 Å². The van der Waals surface area contributed by atoms with Crippen LogP contribution in [0.25, 0.3) is 0 Å². The van der Waals surface area contributed by atoms with Crippen molar-refractivity contribution >= 4 is 0 Å². The van der Waals surface area contributed by atoms with Crippen molar-refractivity contribution in [2.45, 2.75) is 32.3 Å². The summed E-state index contributed by atoms with van der Waals surface area (Å²) < 4.78 is 5.33. The van der Waals surface area contributed by atoms with Crippen LogP contribution in [0.2, 0.25) is 0 Å². The van der Waals surface area contributed by atoms with Gasteiger partial charge in [-0.05, 0) is 12.0 Å². The van der Waals surface area contributed by atoms with E-state index in [0.29, 0.717) is 6.54 Å². The lowest BCUT2D eigenvalue weighted by atomic mass is 9.85. The Morgan fingerprint density at radius 1 is 1.35 bits per heavy atom. The summed E-state index contributed by atoms with van der Waals surface area (Å²) >= 11 is 0. The number of ether oxygens (including phenoxy) is 1. The van der Waals surface area contributed by atoms with Gasteiger partial charge in [0.2, 0.25) is 0 Å². The van der Waals surface area contributed by atoms with Gasteiger partial charge in [0.15, 0.2) is 0 Å². The Kier molecular flexibility index (Phi) is 5.45. The minimum absolute atomic E-state index is 0.0684. The summed E-state index contributed by atoms with van der Waals surface area (Å²) in [5.74, 6) is 0.958. The van der Waals surface area contributed by atoms with Gasteiger partial charge in [-0.3, -0.25) is 0 Å². The molecule has 0 saturated carbocycles. The SMILES string of the molecule is CCC(C)C(O)C(CN)c1ccccc1OC. The summed E-state index contributed by atoms with van der Waals surface area (Å²) in [6.45, 7) is 4.54. The molecule has 0 fully saturated rings. The Morgan fingerprint density at radius 2 is 2.00 bits per heavy atom. The summed E-state index contributed by atoms with van der Waals surface area (Å²) in [7, 11) is 1.64. The highest BCUT2D eigenvalue weighted by atomic mass is 16.5. The van der Waals surface area contributed by atoms with E-state index in [2.05, 4.69) is 6.92 Å². The summed E-state index contributed by atoms with van der Waals surface area (Å²) in [4.78, 5) is 0. The van der Waals surface area contributed by atoms with Crippen molar-refractivity contribution < 1.29 is 9.84 Å². The highest BCUT2D eigenvalue weighted by molar-refractivity contribution is 5.37. The quantitative estimate of drug-likeness (QED) is 0.797. The normalized spacial score (nSPS) is 16.3. The third-order valence-corrected chi connectivity index (χ3v) is 3.43. The molecule has 0 heterocycles. The first-order chi connectivity index (χ1) is 8.15. The Hall–Kier alpha value is -1.06. The molecule has 0 bridgehead atoms. The molecular formula is C14H23NO2. The topological polar surface area (TPSA) is 55.5 Å². The molecule has 1 aromatic rings. The molecule has 1 rings (SSSR count). The van der Waals surface area contributed by atoms with Crippen LogP contribution in [0, 0.1) is 5.92 Å². The second kappa shape index (κ2) is 6.62. The maximum absolute atomic E-state index is 10.3. The first kappa shape index (κ1) is 14.0. The zero-order valence-corrected chi connectivity index (χ0v) is 10.9. The second-order valence-corrected chi connectivity index (χ2v) is 4.46. The number of benzene rings is 1. The van der Waals surface area contributed by atoms with Gasteiger partial charge in [0.05, 0.1) is 13.2 Å². The molecule has 3 N–H and O–H groups in total. The number of methoxy groups -OCH3 is 1. The number of rotatable bonds is 6. The van der Waals surface area contributed by atoms with E-state index in [1.54, 1.807) is 7.11 Å². The molecule has 0 aliphatic carbocycles. The lowest BCUT2D eigenvalue weighted by Crippen LogP contribution is -2.31. The monoisotopic (exact) mass is 237 g/mol. The second-order valence-electron chi connectivity index (χ2n) is 4.46. The number of para-hydroxylation sites is 1. The number of nitrogens with two attached hydrogens (primary N) is 1. The van der Waals surface area contributed by atoms with Crippen LogP contribution < -0.4 is 10.5 Å². The average molecular weight is 237 g/mol. The molecule has 0 amide bonds. The summed E-state index contributed by atoms with van der Waals surface area (Å²) in [6.07, 6.45) is 0.508. The minimum Gasteiger partial charge on any atom is -0.496 e. The number of aliphatic hydroxyl groups is 1. The lowest BCUT2D eigenvalue weighted by molar-refractivity contribution is 0.0877. The van der Waals surface area contributed by atoms with Crippen molar-refractivity contribution in [2.75, 3.05) is 13.7 Å². The maximum Gasteiger partial charge on any atom is 0.122 e. The van der Waals surface area contributed by atoms with Gasteiger partial charge in [0.25, 0.3) is 0 Å². The number of hydrogen-bond acceptors (Lipinski definition) is 3. The van der Waals surface area contributed by atoms with Crippen LogP contribution in [0.5, 0.6) is 5.75 Å². The van der Waals surface area contributed by atoms with Gasteiger partial charge in [0, 0.05) is 18.0 Å². The van der Waals surface area contributed by atoms with Crippen LogP contribution in [0.4, 0.5) is 0 Å². The van der Waals surface area contributed by atoms with Crippen LogP contribution in [0.15, 0.2) is 24.3 Å². The van der Waals surface area contributed by atoms with E-state index in [1.807, 2.05) is 31.2 Å². The standard InChI is InChI=1S/C14H23NO2/c1-4-10(2)14(16)12(9-15)11-7-5-6-8-13(11)17-3/h5-8,10,12,14,16H,4,9,15H2,1-3H3. The fourth-order valence-electron chi connectivity index (χ4n) is 2.06. The molecule has 0 aliphatic heterocycles. The van der Waals surface area contributed by atoms with Crippen molar-refractivity contribution in [2.24, 2.45) is 11.7 Å². The molecule has 3 heteroatoms. The zero-order valence-electron chi connectivity index (χ0n) is 10.9. The molecule has 96 valence electrons. The first-order valence-corrected chi connectivity index (χ1v) is 6.16. The molecule has 0 saturated heterocycles.